The molecule has 0 bridgehead atoms. The number of hydrogen-bond acceptors (Lipinski definition) is 5. The molecule has 0 unspecified atom stereocenters. The zero-order valence-corrected chi connectivity index (χ0v) is 18.5. The van der Waals surface area contributed by atoms with Gasteiger partial charge >= 0.3 is 0 Å². The maximum absolute atomic E-state index is 13.0. The van der Waals surface area contributed by atoms with Crippen LogP contribution < -0.4 is 9.64 Å². The van der Waals surface area contributed by atoms with Gasteiger partial charge in [-0.25, -0.2) is 4.98 Å². The minimum Gasteiger partial charge on any atom is -0.478 e. The average molecular weight is 443 g/mol. The Labute approximate surface area is 187 Å². The van der Waals surface area contributed by atoms with Crippen LogP contribution in [0.5, 0.6) is 5.88 Å². The predicted molar refractivity (Wildman–Crippen MR) is 120 cm³/mol. The zero-order valence-electron chi connectivity index (χ0n) is 17.7. The Morgan fingerprint density at radius 3 is 2.61 bits per heavy atom. The fourth-order valence-electron chi connectivity index (χ4n) is 4.13. The van der Waals surface area contributed by atoms with E-state index in [0.29, 0.717) is 50.2 Å². The SMILES string of the molecule is CCOc1ccc(Cl)c(C(=O)N2CCN(CC(=O)N3CCCc4ccccc43)CC2)n1. The lowest BCUT2D eigenvalue weighted by molar-refractivity contribution is -0.120. The van der Waals surface area contributed by atoms with Gasteiger partial charge in [0.25, 0.3) is 5.91 Å². The van der Waals surface area contributed by atoms with Gasteiger partial charge in [0.1, 0.15) is 0 Å². The molecule has 2 aromatic rings. The van der Waals surface area contributed by atoms with Crippen LogP contribution in [0.3, 0.4) is 0 Å². The van der Waals surface area contributed by atoms with E-state index in [1.165, 1.54) is 5.56 Å². The quantitative estimate of drug-likeness (QED) is 0.712. The topological polar surface area (TPSA) is 66.0 Å². The third-order valence-corrected chi connectivity index (χ3v) is 6.05. The van der Waals surface area contributed by atoms with Crippen molar-refractivity contribution in [2.24, 2.45) is 0 Å². The summed E-state index contributed by atoms with van der Waals surface area (Å²) in [5.41, 5.74) is 2.47. The first-order chi connectivity index (χ1) is 15.1. The summed E-state index contributed by atoms with van der Waals surface area (Å²) in [5.74, 6) is 0.296. The first kappa shape index (κ1) is 21.6. The van der Waals surface area contributed by atoms with Gasteiger partial charge in [0, 0.05) is 44.5 Å². The number of fused-ring (bicyclic) bond motifs is 1. The molecule has 0 radical (unpaired) electrons. The number of para-hydroxylation sites is 1. The van der Waals surface area contributed by atoms with E-state index in [-0.39, 0.29) is 17.5 Å². The molecule has 0 saturated carbocycles. The largest absolute Gasteiger partial charge is 0.478 e. The molecule has 7 nitrogen and oxygen atoms in total. The number of carbonyl (C=O) groups is 2. The minimum atomic E-state index is -0.206. The number of nitrogens with zero attached hydrogens (tertiary/aromatic N) is 4. The lowest BCUT2D eigenvalue weighted by Crippen LogP contribution is -2.52. The number of halogens is 1. The van der Waals surface area contributed by atoms with Crippen LogP contribution in [0.4, 0.5) is 5.69 Å². The van der Waals surface area contributed by atoms with Gasteiger partial charge in [-0.2, -0.15) is 0 Å². The highest BCUT2D eigenvalue weighted by molar-refractivity contribution is 6.33. The summed E-state index contributed by atoms with van der Waals surface area (Å²) in [6, 6.07) is 11.4. The molecule has 1 aromatic carbocycles. The van der Waals surface area contributed by atoms with Gasteiger partial charge in [-0.15, -0.1) is 0 Å². The molecule has 4 rings (SSSR count). The summed E-state index contributed by atoms with van der Waals surface area (Å²) in [4.78, 5) is 35.9. The summed E-state index contributed by atoms with van der Waals surface area (Å²) in [6.45, 7) is 5.77. The molecule has 2 amide bonds. The third-order valence-electron chi connectivity index (χ3n) is 5.74. The van der Waals surface area contributed by atoms with Crippen LogP contribution in [-0.2, 0) is 11.2 Å². The Balaban J connectivity index is 1.35. The van der Waals surface area contributed by atoms with Crippen molar-refractivity contribution < 1.29 is 14.3 Å². The number of amides is 2. The molecule has 1 saturated heterocycles. The van der Waals surface area contributed by atoms with Crippen molar-refractivity contribution in [3.05, 3.63) is 52.7 Å². The first-order valence-corrected chi connectivity index (χ1v) is 11.1. The number of aryl methyl sites for hydroxylation is 1. The minimum absolute atomic E-state index is 0.112. The Morgan fingerprint density at radius 1 is 1.06 bits per heavy atom. The summed E-state index contributed by atoms with van der Waals surface area (Å²) < 4.78 is 5.39. The number of hydrogen-bond donors (Lipinski definition) is 0. The molecular weight excluding hydrogens is 416 g/mol. The van der Waals surface area contributed by atoms with Crippen molar-refractivity contribution in [1.82, 2.24) is 14.8 Å². The highest BCUT2D eigenvalue weighted by Crippen LogP contribution is 2.27. The molecule has 2 aliphatic rings. The molecule has 8 heteroatoms. The molecule has 1 aromatic heterocycles. The molecule has 1 fully saturated rings. The summed E-state index contributed by atoms with van der Waals surface area (Å²) in [5, 5.41) is 0.315. The fourth-order valence-corrected chi connectivity index (χ4v) is 4.32. The van der Waals surface area contributed by atoms with E-state index in [4.69, 9.17) is 16.3 Å². The van der Waals surface area contributed by atoms with E-state index < -0.39 is 0 Å². The van der Waals surface area contributed by atoms with E-state index in [1.54, 1.807) is 17.0 Å². The van der Waals surface area contributed by atoms with Crippen molar-refractivity contribution in [2.75, 3.05) is 50.8 Å². The van der Waals surface area contributed by atoms with Crippen LogP contribution in [0.25, 0.3) is 0 Å². The smallest absolute Gasteiger partial charge is 0.274 e. The maximum atomic E-state index is 13.0. The van der Waals surface area contributed by atoms with Crippen LogP contribution in [0.2, 0.25) is 5.02 Å². The van der Waals surface area contributed by atoms with E-state index in [0.717, 1.165) is 25.1 Å². The molecule has 0 aliphatic carbocycles. The molecule has 31 heavy (non-hydrogen) atoms. The van der Waals surface area contributed by atoms with E-state index >= 15 is 0 Å². The molecule has 164 valence electrons. The van der Waals surface area contributed by atoms with Crippen molar-refractivity contribution in [1.29, 1.82) is 0 Å². The summed E-state index contributed by atoms with van der Waals surface area (Å²) in [7, 11) is 0. The molecule has 0 spiro atoms. The van der Waals surface area contributed by atoms with Crippen molar-refractivity contribution in [3.8, 4) is 5.88 Å². The van der Waals surface area contributed by atoms with Crippen LogP contribution in [-0.4, -0.2) is 72.5 Å². The number of piperazine rings is 1. The van der Waals surface area contributed by atoms with Gasteiger partial charge in [-0.05, 0) is 37.5 Å². The van der Waals surface area contributed by atoms with Crippen LogP contribution >= 0.6 is 11.6 Å². The van der Waals surface area contributed by atoms with E-state index in [2.05, 4.69) is 16.0 Å². The van der Waals surface area contributed by atoms with Gasteiger partial charge in [0.15, 0.2) is 5.69 Å². The Hall–Kier alpha value is -2.64. The highest BCUT2D eigenvalue weighted by Gasteiger charge is 2.28. The number of carbonyl (C=O) groups excluding carboxylic acids is 2. The Bertz CT molecular complexity index is 960. The van der Waals surface area contributed by atoms with Gasteiger partial charge in [-0.1, -0.05) is 29.8 Å². The van der Waals surface area contributed by atoms with E-state index in [1.807, 2.05) is 30.0 Å². The van der Waals surface area contributed by atoms with Crippen molar-refractivity contribution >= 4 is 29.1 Å². The number of pyridine rings is 1. The predicted octanol–water partition coefficient (Wildman–Crippen LogP) is 2.87. The van der Waals surface area contributed by atoms with Crippen molar-refractivity contribution in [2.45, 2.75) is 19.8 Å². The average Bonchev–Trinajstić information content (AvgIpc) is 2.80. The first-order valence-electron chi connectivity index (χ1n) is 10.8. The molecule has 0 atom stereocenters. The molecule has 0 N–H and O–H groups in total. The zero-order chi connectivity index (χ0) is 21.8. The Morgan fingerprint density at radius 2 is 1.84 bits per heavy atom. The lowest BCUT2D eigenvalue weighted by atomic mass is 10.0. The number of aromatic nitrogens is 1. The fraction of sp³-hybridized carbons (Fsp3) is 0.435. The van der Waals surface area contributed by atoms with Gasteiger partial charge in [-0.3, -0.25) is 14.5 Å². The van der Waals surface area contributed by atoms with E-state index in [9.17, 15) is 9.59 Å². The van der Waals surface area contributed by atoms with Crippen LogP contribution in [0, 0.1) is 0 Å². The van der Waals surface area contributed by atoms with Crippen LogP contribution in [0.15, 0.2) is 36.4 Å². The summed E-state index contributed by atoms with van der Waals surface area (Å²) >= 11 is 6.21. The number of ether oxygens (including phenoxy) is 1. The normalized spacial score (nSPS) is 16.7. The van der Waals surface area contributed by atoms with Crippen molar-refractivity contribution in [3.63, 3.8) is 0 Å². The Kier molecular flexibility index (Phi) is 6.73. The van der Waals surface area contributed by atoms with Gasteiger partial charge < -0.3 is 14.5 Å². The third kappa shape index (κ3) is 4.83. The summed E-state index contributed by atoms with van der Waals surface area (Å²) in [6.07, 6.45) is 2.00. The second kappa shape index (κ2) is 9.66. The van der Waals surface area contributed by atoms with Gasteiger partial charge in [0.05, 0.1) is 18.2 Å². The second-order valence-electron chi connectivity index (χ2n) is 7.76. The number of anilines is 1. The lowest BCUT2D eigenvalue weighted by Gasteiger charge is -2.36. The molecule has 2 aliphatic heterocycles. The van der Waals surface area contributed by atoms with Crippen LogP contribution in [0.1, 0.15) is 29.4 Å². The molecular formula is C23H27ClN4O3. The number of rotatable bonds is 5. The molecule has 3 heterocycles. The number of benzene rings is 1. The van der Waals surface area contributed by atoms with Gasteiger partial charge in [0.2, 0.25) is 11.8 Å². The second-order valence-corrected chi connectivity index (χ2v) is 8.17. The monoisotopic (exact) mass is 442 g/mol. The highest BCUT2D eigenvalue weighted by atomic mass is 35.5. The standard InChI is InChI=1S/C23H27ClN4O3/c1-2-31-20-10-9-18(24)22(25-20)23(30)27-14-12-26(13-15-27)16-21(29)28-11-5-7-17-6-3-4-8-19(17)28/h3-4,6,8-10H,2,5,7,11-16H2,1H3. The maximum Gasteiger partial charge on any atom is 0.274 e.